The van der Waals surface area contributed by atoms with E-state index in [9.17, 15) is 8.42 Å². The van der Waals surface area contributed by atoms with E-state index in [0.717, 1.165) is 0 Å². The first-order valence-electron chi connectivity index (χ1n) is 6.63. The molecule has 0 aliphatic carbocycles. The predicted octanol–water partition coefficient (Wildman–Crippen LogP) is 2.04. The van der Waals surface area contributed by atoms with Gasteiger partial charge in [0.2, 0.25) is 10.0 Å². The number of hydrogen-bond donors (Lipinski definition) is 2. The standard InChI is InChI=1S/C14H23NO4S/c1-5-14(3,6-2)15-20(17,18)13-8-7-11(10-16)9-12(13)19-4/h7-9,15-16H,5-6,10H2,1-4H3. The minimum absolute atomic E-state index is 0.0883. The van der Waals surface area contributed by atoms with Crippen LogP contribution in [-0.2, 0) is 16.6 Å². The lowest BCUT2D eigenvalue weighted by atomic mass is 9.98. The third-order valence-corrected chi connectivity index (χ3v) is 5.32. The molecule has 20 heavy (non-hydrogen) atoms. The second-order valence-corrected chi connectivity index (χ2v) is 6.67. The summed E-state index contributed by atoms with van der Waals surface area (Å²) in [6.45, 7) is 5.60. The van der Waals surface area contributed by atoms with Gasteiger partial charge >= 0.3 is 0 Å². The molecule has 1 aromatic carbocycles. The number of benzene rings is 1. The molecule has 0 amide bonds. The largest absolute Gasteiger partial charge is 0.495 e. The van der Waals surface area contributed by atoms with Crippen molar-refractivity contribution in [1.29, 1.82) is 0 Å². The van der Waals surface area contributed by atoms with Crippen molar-refractivity contribution in [2.24, 2.45) is 0 Å². The Morgan fingerprint density at radius 1 is 1.30 bits per heavy atom. The lowest BCUT2D eigenvalue weighted by Gasteiger charge is -2.28. The van der Waals surface area contributed by atoms with E-state index in [-0.39, 0.29) is 17.3 Å². The number of ether oxygens (including phenoxy) is 1. The van der Waals surface area contributed by atoms with Gasteiger partial charge in [-0.3, -0.25) is 0 Å². The Labute approximate surface area is 121 Å². The van der Waals surface area contributed by atoms with Crippen LogP contribution in [-0.4, -0.2) is 26.2 Å². The van der Waals surface area contributed by atoms with Crippen LogP contribution >= 0.6 is 0 Å². The zero-order valence-electron chi connectivity index (χ0n) is 12.4. The van der Waals surface area contributed by atoms with Gasteiger partial charge in [-0.05, 0) is 37.5 Å². The molecule has 0 fully saturated rings. The van der Waals surface area contributed by atoms with Crippen LogP contribution in [0.3, 0.4) is 0 Å². The van der Waals surface area contributed by atoms with E-state index in [1.54, 1.807) is 6.07 Å². The molecule has 0 saturated carbocycles. The van der Waals surface area contributed by atoms with Crippen molar-refractivity contribution >= 4 is 10.0 Å². The summed E-state index contributed by atoms with van der Waals surface area (Å²) in [4.78, 5) is 0.0883. The van der Waals surface area contributed by atoms with Crippen molar-refractivity contribution < 1.29 is 18.3 Å². The van der Waals surface area contributed by atoms with E-state index in [1.165, 1.54) is 19.2 Å². The third-order valence-electron chi connectivity index (χ3n) is 3.64. The molecular weight excluding hydrogens is 278 g/mol. The second-order valence-electron chi connectivity index (χ2n) is 5.02. The summed E-state index contributed by atoms with van der Waals surface area (Å²) in [7, 11) is -2.26. The highest BCUT2D eigenvalue weighted by Crippen LogP contribution is 2.27. The van der Waals surface area contributed by atoms with Gasteiger partial charge in [0.1, 0.15) is 10.6 Å². The van der Waals surface area contributed by atoms with Crippen LogP contribution < -0.4 is 9.46 Å². The molecule has 1 aromatic rings. The first kappa shape index (κ1) is 16.9. The Bertz CT molecular complexity index is 550. The Balaban J connectivity index is 3.22. The van der Waals surface area contributed by atoms with E-state index >= 15 is 0 Å². The minimum atomic E-state index is -3.67. The van der Waals surface area contributed by atoms with Gasteiger partial charge in [0.15, 0.2) is 0 Å². The smallest absolute Gasteiger partial charge is 0.244 e. The second kappa shape index (κ2) is 6.56. The average Bonchev–Trinajstić information content (AvgIpc) is 2.45. The molecule has 6 heteroatoms. The summed E-state index contributed by atoms with van der Waals surface area (Å²) in [6, 6.07) is 4.56. The quantitative estimate of drug-likeness (QED) is 0.808. The molecule has 0 saturated heterocycles. The minimum Gasteiger partial charge on any atom is -0.495 e. The Morgan fingerprint density at radius 3 is 2.35 bits per heavy atom. The van der Waals surface area contributed by atoms with Gasteiger partial charge in [-0.2, -0.15) is 0 Å². The van der Waals surface area contributed by atoms with Crippen LogP contribution in [0.2, 0.25) is 0 Å². The van der Waals surface area contributed by atoms with E-state index in [1.807, 2.05) is 20.8 Å². The van der Waals surface area contributed by atoms with Gasteiger partial charge in [0.05, 0.1) is 13.7 Å². The Morgan fingerprint density at radius 2 is 1.90 bits per heavy atom. The van der Waals surface area contributed by atoms with Crippen LogP contribution in [0.4, 0.5) is 0 Å². The summed E-state index contributed by atoms with van der Waals surface area (Å²) in [6.07, 6.45) is 1.39. The molecule has 0 atom stereocenters. The summed E-state index contributed by atoms with van der Waals surface area (Å²) < 4.78 is 32.8. The SMILES string of the molecule is CCC(C)(CC)NS(=O)(=O)c1ccc(CO)cc1OC. The maximum Gasteiger partial charge on any atom is 0.244 e. The number of aliphatic hydroxyl groups excluding tert-OH is 1. The molecule has 0 radical (unpaired) electrons. The van der Waals surface area contributed by atoms with Crippen molar-refractivity contribution in [2.75, 3.05) is 7.11 Å². The summed E-state index contributed by atoms with van der Waals surface area (Å²) in [5.41, 5.74) is 0.119. The lowest BCUT2D eigenvalue weighted by Crippen LogP contribution is -2.44. The molecule has 0 aliphatic rings. The number of nitrogens with one attached hydrogen (secondary N) is 1. The fourth-order valence-corrected chi connectivity index (χ4v) is 3.51. The summed E-state index contributed by atoms with van der Waals surface area (Å²) >= 11 is 0. The number of methoxy groups -OCH3 is 1. The van der Waals surface area contributed by atoms with Gasteiger partial charge in [0.25, 0.3) is 0 Å². The fourth-order valence-electron chi connectivity index (χ4n) is 1.81. The molecule has 2 N–H and O–H groups in total. The Kier molecular flexibility index (Phi) is 5.56. The average molecular weight is 301 g/mol. The van der Waals surface area contributed by atoms with Crippen molar-refractivity contribution in [3.05, 3.63) is 23.8 Å². The van der Waals surface area contributed by atoms with E-state index < -0.39 is 15.6 Å². The van der Waals surface area contributed by atoms with Crippen LogP contribution in [0, 0.1) is 0 Å². The zero-order chi connectivity index (χ0) is 15.4. The van der Waals surface area contributed by atoms with Gasteiger partial charge in [-0.15, -0.1) is 0 Å². The normalized spacial score (nSPS) is 12.4. The molecule has 114 valence electrons. The van der Waals surface area contributed by atoms with Crippen LogP contribution in [0.1, 0.15) is 39.2 Å². The van der Waals surface area contributed by atoms with Gasteiger partial charge in [-0.1, -0.05) is 19.9 Å². The number of rotatable bonds is 7. The molecule has 0 aliphatic heterocycles. The molecule has 5 nitrogen and oxygen atoms in total. The maximum atomic E-state index is 12.5. The van der Waals surface area contributed by atoms with Crippen molar-refractivity contribution in [2.45, 2.75) is 50.7 Å². The molecule has 1 rings (SSSR count). The maximum absolute atomic E-state index is 12.5. The highest BCUT2D eigenvalue weighted by molar-refractivity contribution is 7.89. The number of hydrogen-bond acceptors (Lipinski definition) is 4. The third kappa shape index (κ3) is 3.71. The van der Waals surface area contributed by atoms with E-state index in [4.69, 9.17) is 9.84 Å². The van der Waals surface area contributed by atoms with Crippen molar-refractivity contribution in [1.82, 2.24) is 4.72 Å². The molecule has 0 bridgehead atoms. The van der Waals surface area contributed by atoms with Crippen molar-refractivity contribution in [3.8, 4) is 5.75 Å². The Hall–Kier alpha value is -1.11. The summed E-state index contributed by atoms with van der Waals surface area (Å²) in [5, 5.41) is 9.09. The monoisotopic (exact) mass is 301 g/mol. The zero-order valence-corrected chi connectivity index (χ0v) is 13.3. The van der Waals surface area contributed by atoms with E-state index in [0.29, 0.717) is 18.4 Å². The van der Waals surface area contributed by atoms with Crippen LogP contribution in [0.5, 0.6) is 5.75 Å². The first-order chi connectivity index (χ1) is 9.31. The van der Waals surface area contributed by atoms with Crippen molar-refractivity contribution in [3.63, 3.8) is 0 Å². The highest BCUT2D eigenvalue weighted by Gasteiger charge is 2.29. The highest BCUT2D eigenvalue weighted by atomic mass is 32.2. The first-order valence-corrected chi connectivity index (χ1v) is 8.12. The van der Waals surface area contributed by atoms with Crippen LogP contribution in [0.15, 0.2) is 23.1 Å². The van der Waals surface area contributed by atoms with Gasteiger partial charge in [0, 0.05) is 5.54 Å². The lowest BCUT2D eigenvalue weighted by molar-refractivity contribution is 0.280. The summed E-state index contributed by atoms with van der Waals surface area (Å²) in [5.74, 6) is 0.235. The van der Waals surface area contributed by atoms with Gasteiger partial charge in [-0.25, -0.2) is 13.1 Å². The molecule has 0 heterocycles. The van der Waals surface area contributed by atoms with Gasteiger partial charge < -0.3 is 9.84 Å². The predicted molar refractivity (Wildman–Crippen MR) is 78.2 cm³/mol. The fraction of sp³-hybridized carbons (Fsp3) is 0.571. The van der Waals surface area contributed by atoms with Crippen LogP contribution in [0.25, 0.3) is 0 Å². The topological polar surface area (TPSA) is 75.6 Å². The molecule has 0 spiro atoms. The molecular formula is C14H23NO4S. The van der Waals surface area contributed by atoms with E-state index in [2.05, 4.69) is 4.72 Å². The molecule has 0 aromatic heterocycles. The number of sulfonamides is 1. The number of aliphatic hydroxyl groups is 1. The molecule has 0 unspecified atom stereocenters.